The van der Waals surface area contributed by atoms with E-state index in [9.17, 15) is 4.79 Å². The molecule has 1 heterocycles. The third-order valence-corrected chi connectivity index (χ3v) is 2.72. The fourth-order valence-electron chi connectivity index (χ4n) is 1.88. The summed E-state index contributed by atoms with van der Waals surface area (Å²) in [6, 6.07) is 3.81. The van der Waals surface area contributed by atoms with Crippen LogP contribution in [0.15, 0.2) is 30.7 Å². The Morgan fingerprint density at radius 2 is 1.94 bits per heavy atom. The van der Waals surface area contributed by atoms with Crippen LogP contribution >= 0.6 is 0 Å². The highest BCUT2D eigenvalue weighted by molar-refractivity contribution is 5.58. The van der Waals surface area contributed by atoms with E-state index in [0.717, 1.165) is 23.0 Å². The molecule has 0 N–H and O–H groups in total. The first kappa shape index (κ1) is 12.2. The number of hydrogen-bond acceptors (Lipinski definition) is 4. The molecule has 1 aromatic heterocycles. The van der Waals surface area contributed by atoms with Crippen LogP contribution in [0.3, 0.4) is 0 Å². The zero-order valence-corrected chi connectivity index (χ0v) is 10.4. The maximum Gasteiger partial charge on any atom is 0.237 e. The van der Waals surface area contributed by atoms with Crippen LogP contribution in [0.4, 0.5) is 0 Å². The monoisotopic (exact) mass is 242 g/mol. The zero-order valence-electron chi connectivity index (χ0n) is 10.4. The second kappa shape index (κ2) is 5.40. The number of aryl methyl sites for hydroxylation is 2. The minimum Gasteiger partial charge on any atom is -0.437 e. The number of aldehydes is 1. The topological polar surface area (TPSA) is 52.1 Å². The fraction of sp³-hybridized carbons (Fsp3) is 0.214. The lowest BCUT2D eigenvalue weighted by Crippen LogP contribution is -1.97. The molecule has 0 atom stereocenters. The SMILES string of the molecule is Cc1cc(Oc2cnccn2)cc(C)c1CC=O. The first-order chi connectivity index (χ1) is 8.70. The van der Waals surface area contributed by atoms with Gasteiger partial charge >= 0.3 is 0 Å². The summed E-state index contributed by atoms with van der Waals surface area (Å²) >= 11 is 0. The van der Waals surface area contributed by atoms with Crippen molar-refractivity contribution in [2.75, 3.05) is 0 Å². The third kappa shape index (κ3) is 2.71. The van der Waals surface area contributed by atoms with Crippen LogP contribution in [0.5, 0.6) is 11.6 Å². The largest absolute Gasteiger partial charge is 0.437 e. The zero-order chi connectivity index (χ0) is 13.0. The Labute approximate surface area is 106 Å². The molecule has 0 fully saturated rings. The third-order valence-electron chi connectivity index (χ3n) is 2.72. The highest BCUT2D eigenvalue weighted by atomic mass is 16.5. The quantitative estimate of drug-likeness (QED) is 0.773. The average molecular weight is 242 g/mol. The maximum absolute atomic E-state index is 10.6. The number of rotatable bonds is 4. The van der Waals surface area contributed by atoms with E-state index >= 15 is 0 Å². The van der Waals surface area contributed by atoms with E-state index < -0.39 is 0 Å². The van der Waals surface area contributed by atoms with E-state index in [4.69, 9.17) is 4.74 Å². The molecule has 0 amide bonds. The van der Waals surface area contributed by atoms with Gasteiger partial charge in [-0.1, -0.05) is 0 Å². The molecule has 2 rings (SSSR count). The Hall–Kier alpha value is -2.23. The van der Waals surface area contributed by atoms with Gasteiger partial charge in [0.15, 0.2) is 0 Å². The number of benzene rings is 1. The van der Waals surface area contributed by atoms with E-state index in [1.54, 1.807) is 18.6 Å². The van der Waals surface area contributed by atoms with Crippen LogP contribution in [-0.4, -0.2) is 16.3 Å². The molecule has 1 aromatic carbocycles. The second-order valence-electron chi connectivity index (χ2n) is 4.05. The summed E-state index contributed by atoms with van der Waals surface area (Å²) in [4.78, 5) is 18.6. The fourth-order valence-corrected chi connectivity index (χ4v) is 1.88. The Kier molecular flexibility index (Phi) is 3.67. The first-order valence-corrected chi connectivity index (χ1v) is 5.68. The Balaban J connectivity index is 2.28. The summed E-state index contributed by atoms with van der Waals surface area (Å²) in [5.41, 5.74) is 3.14. The summed E-state index contributed by atoms with van der Waals surface area (Å²) in [7, 11) is 0. The highest BCUT2D eigenvalue weighted by Gasteiger charge is 2.06. The molecule has 4 nitrogen and oxygen atoms in total. The van der Waals surface area contributed by atoms with Crippen LogP contribution in [0.1, 0.15) is 16.7 Å². The molecule has 0 spiro atoms. The van der Waals surface area contributed by atoms with Gasteiger partial charge in [-0.25, -0.2) is 4.98 Å². The van der Waals surface area contributed by atoms with Gasteiger partial charge in [0, 0.05) is 18.8 Å². The van der Waals surface area contributed by atoms with Crippen molar-refractivity contribution in [2.45, 2.75) is 20.3 Å². The van der Waals surface area contributed by atoms with Crippen LogP contribution in [0.25, 0.3) is 0 Å². The lowest BCUT2D eigenvalue weighted by Gasteiger charge is -2.10. The smallest absolute Gasteiger partial charge is 0.237 e. The van der Waals surface area contributed by atoms with Crippen molar-refractivity contribution in [1.29, 1.82) is 0 Å². The van der Waals surface area contributed by atoms with E-state index in [2.05, 4.69) is 9.97 Å². The Morgan fingerprint density at radius 3 is 2.50 bits per heavy atom. The van der Waals surface area contributed by atoms with Gasteiger partial charge in [0.2, 0.25) is 5.88 Å². The van der Waals surface area contributed by atoms with Crippen LogP contribution < -0.4 is 4.74 Å². The average Bonchev–Trinajstić information content (AvgIpc) is 2.35. The molecule has 18 heavy (non-hydrogen) atoms. The van der Waals surface area contributed by atoms with E-state index in [0.29, 0.717) is 18.1 Å². The number of hydrogen-bond donors (Lipinski definition) is 0. The number of carbonyl (C=O) groups is 1. The molecule has 2 aromatic rings. The van der Waals surface area contributed by atoms with Crippen molar-refractivity contribution in [3.8, 4) is 11.6 Å². The van der Waals surface area contributed by atoms with Crippen LogP contribution in [0.2, 0.25) is 0 Å². The Bertz CT molecular complexity index is 530. The standard InChI is InChI=1S/C14H14N2O2/c1-10-7-12(8-11(2)13(10)3-6-17)18-14-9-15-4-5-16-14/h4-9H,3H2,1-2H3. The molecule has 0 radical (unpaired) electrons. The lowest BCUT2D eigenvalue weighted by molar-refractivity contribution is -0.107. The first-order valence-electron chi connectivity index (χ1n) is 5.68. The summed E-state index contributed by atoms with van der Waals surface area (Å²) in [6.07, 6.45) is 6.08. The number of aromatic nitrogens is 2. The van der Waals surface area contributed by atoms with Crippen LogP contribution in [0, 0.1) is 13.8 Å². The Morgan fingerprint density at radius 1 is 1.22 bits per heavy atom. The molecule has 0 unspecified atom stereocenters. The molecular formula is C14H14N2O2. The van der Waals surface area contributed by atoms with Gasteiger partial charge in [0.1, 0.15) is 12.0 Å². The van der Waals surface area contributed by atoms with Gasteiger partial charge in [-0.15, -0.1) is 0 Å². The molecule has 4 heteroatoms. The normalized spacial score (nSPS) is 10.1. The summed E-state index contributed by atoms with van der Waals surface area (Å²) in [5, 5.41) is 0. The van der Waals surface area contributed by atoms with Crippen molar-refractivity contribution in [1.82, 2.24) is 9.97 Å². The highest BCUT2D eigenvalue weighted by Crippen LogP contribution is 2.25. The van der Waals surface area contributed by atoms with Gasteiger partial charge in [-0.3, -0.25) is 4.98 Å². The van der Waals surface area contributed by atoms with Crippen molar-refractivity contribution in [2.24, 2.45) is 0 Å². The summed E-state index contributed by atoms with van der Waals surface area (Å²) in [6.45, 7) is 3.94. The number of nitrogens with zero attached hydrogens (tertiary/aromatic N) is 2. The molecular weight excluding hydrogens is 228 g/mol. The number of carbonyl (C=O) groups excluding carboxylic acids is 1. The van der Waals surface area contributed by atoms with Crippen LogP contribution in [-0.2, 0) is 11.2 Å². The van der Waals surface area contributed by atoms with Crippen molar-refractivity contribution in [3.63, 3.8) is 0 Å². The van der Waals surface area contributed by atoms with Gasteiger partial charge in [-0.2, -0.15) is 0 Å². The minimum atomic E-state index is 0.434. The molecule has 0 aliphatic carbocycles. The van der Waals surface area contributed by atoms with Crippen molar-refractivity contribution < 1.29 is 9.53 Å². The van der Waals surface area contributed by atoms with E-state index in [1.807, 2.05) is 26.0 Å². The summed E-state index contributed by atoms with van der Waals surface area (Å²) in [5.74, 6) is 1.17. The van der Waals surface area contributed by atoms with Gasteiger partial charge in [0.25, 0.3) is 0 Å². The van der Waals surface area contributed by atoms with Gasteiger partial charge in [-0.05, 0) is 42.7 Å². The molecule has 0 aliphatic rings. The van der Waals surface area contributed by atoms with Gasteiger partial charge < -0.3 is 9.53 Å². The molecule has 0 aliphatic heterocycles. The lowest BCUT2D eigenvalue weighted by atomic mass is 10.0. The van der Waals surface area contributed by atoms with Crippen molar-refractivity contribution >= 4 is 6.29 Å². The molecule has 0 saturated carbocycles. The van der Waals surface area contributed by atoms with Gasteiger partial charge in [0.05, 0.1) is 6.20 Å². The predicted molar refractivity (Wildman–Crippen MR) is 67.8 cm³/mol. The molecule has 0 saturated heterocycles. The molecule has 0 bridgehead atoms. The number of ether oxygens (including phenoxy) is 1. The van der Waals surface area contributed by atoms with E-state index in [-0.39, 0.29) is 0 Å². The van der Waals surface area contributed by atoms with E-state index in [1.165, 1.54) is 0 Å². The minimum absolute atomic E-state index is 0.434. The predicted octanol–water partition coefficient (Wildman–Crippen LogP) is 2.63. The maximum atomic E-state index is 10.6. The second-order valence-corrected chi connectivity index (χ2v) is 4.05. The molecule has 92 valence electrons. The van der Waals surface area contributed by atoms with Crippen molar-refractivity contribution in [3.05, 3.63) is 47.4 Å². The summed E-state index contributed by atoms with van der Waals surface area (Å²) < 4.78 is 5.61.